The van der Waals surface area contributed by atoms with Crippen LogP contribution in [-0.2, 0) is 6.54 Å². The van der Waals surface area contributed by atoms with E-state index in [9.17, 15) is 0 Å². The predicted octanol–water partition coefficient (Wildman–Crippen LogP) is 1.88. The highest BCUT2D eigenvalue weighted by Gasteiger charge is 2.18. The monoisotopic (exact) mass is 240 g/mol. The Bertz CT molecular complexity index is 370. The van der Waals surface area contributed by atoms with E-state index in [-0.39, 0.29) is 0 Å². The van der Waals surface area contributed by atoms with Crippen LogP contribution in [-0.4, -0.2) is 31.1 Å². The van der Waals surface area contributed by atoms with E-state index < -0.39 is 0 Å². The Kier molecular flexibility index (Phi) is 3.69. The fourth-order valence-electron chi connectivity index (χ4n) is 2.07. The lowest BCUT2D eigenvalue weighted by Crippen LogP contribution is -2.26. The molecular formula is C12H17ClN2O. The number of rotatable bonds is 3. The summed E-state index contributed by atoms with van der Waals surface area (Å²) >= 11 is 6.08. The summed E-state index contributed by atoms with van der Waals surface area (Å²) in [4.78, 5) is 2.35. The summed E-state index contributed by atoms with van der Waals surface area (Å²) in [6, 6.07) is 6.25. The number of hydrogen-bond acceptors (Lipinski definition) is 3. The Balaban J connectivity index is 2.02. The van der Waals surface area contributed by atoms with Crippen LogP contribution in [0, 0.1) is 0 Å². The van der Waals surface area contributed by atoms with Crippen LogP contribution in [0.25, 0.3) is 0 Å². The standard InChI is InChI=1S/C12H17ClN2O/c1-16-12-3-2-9(6-11(12)13)7-15-5-4-10(14)8-15/h2-3,6,10H,4-5,7-8,14H2,1H3/t10-/m0/s1. The minimum Gasteiger partial charge on any atom is -0.495 e. The van der Waals surface area contributed by atoms with Gasteiger partial charge in [0.15, 0.2) is 0 Å². The summed E-state index contributed by atoms with van der Waals surface area (Å²) in [7, 11) is 1.63. The highest BCUT2D eigenvalue weighted by atomic mass is 35.5. The molecule has 2 rings (SSSR count). The molecule has 1 aliphatic heterocycles. The average Bonchev–Trinajstić information content (AvgIpc) is 2.64. The van der Waals surface area contributed by atoms with Crippen LogP contribution in [0.15, 0.2) is 18.2 Å². The minimum atomic E-state index is 0.328. The quantitative estimate of drug-likeness (QED) is 0.877. The Morgan fingerprint density at radius 3 is 2.94 bits per heavy atom. The number of benzene rings is 1. The molecule has 1 aromatic rings. The van der Waals surface area contributed by atoms with Crippen molar-refractivity contribution in [2.24, 2.45) is 5.73 Å². The molecule has 1 aliphatic rings. The molecule has 88 valence electrons. The molecule has 0 spiro atoms. The van der Waals surface area contributed by atoms with Crippen LogP contribution in [0.4, 0.5) is 0 Å². The molecule has 1 aromatic carbocycles. The maximum atomic E-state index is 6.08. The summed E-state index contributed by atoms with van der Waals surface area (Å²) in [5.74, 6) is 0.725. The number of nitrogens with zero attached hydrogens (tertiary/aromatic N) is 1. The van der Waals surface area contributed by atoms with E-state index in [0.29, 0.717) is 11.1 Å². The molecule has 0 amide bonds. The highest BCUT2D eigenvalue weighted by molar-refractivity contribution is 6.32. The first-order valence-corrected chi connectivity index (χ1v) is 5.87. The van der Waals surface area contributed by atoms with Gasteiger partial charge < -0.3 is 10.5 Å². The summed E-state index contributed by atoms with van der Waals surface area (Å²) in [5.41, 5.74) is 7.07. The van der Waals surface area contributed by atoms with E-state index in [2.05, 4.69) is 11.0 Å². The Morgan fingerprint density at radius 2 is 2.38 bits per heavy atom. The second-order valence-electron chi connectivity index (χ2n) is 4.25. The Hall–Kier alpha value is -0.770. The minimum absolute atomic E-state index is 0.328. The zero-order valence-corrected chi connectivity index (χ0v) is 10.2. The second kappa shape index (κ2) is 5.04. The fourth-order valence-corrected chi connectivity index (χ4v) is 2.35. The molecule has 0 radical (unpaired) electrons. The largest absolute Gasteiger partial charge is 0.495 e. The fraction of sp³-hybridized carbons (Fsp3) is 0.500. The molecule has 16 heavy (non-hydrogen) atoms. The van der Waals surface area contributed by atoms with Gasteiger partial charge in [-0.05, 0) is 24.1 Å². The van der Waals surface area contributed by atoms with Gasteiger partial charge in [-0.25, -0.2) is 0 Å². The van der Waals surface area contributed by atoms with Crippen molar-refractivity contribution in [3.05, 3.63) is 28.8 Å². The van der Waals surface area contributed by atoms with Gasteiger partial charge in [0, 0.05) is 25.7 Å². The molecule has 1 atom stereocenters. The van der Waals surface area contributed by atoms with Crippen LogP contribution in [0.1, 0.15) is 12.0 Å². The maximum Gasteiger partial charge on any atom is 0.137 e. The van der Waals surface area contributed by atoms with Gasteiger partial charge in [-0.2, -0.15) is 0 Å². The van der Waals surface area contributed by atoms with Gasteiger partial charge in [0.2, 0.25) is 0 Å². The molecule has 3 nitrogen and oxygen atoms in total. The van der Waals surface area contributed by atoms with Crippen LogP contribution in [0.3, 0.4) is 0 Å². The second-order valence-corrected chi connectivity index (χ2v) is 4.66. The van der Waals surface area contributed by atoms with Crippen molar-refractivity contribution in [3.63, 3.8) is 0 Å². The van der Waals surface area contributed by atoms with Crippen molar-refractivity contribution in [2.45, 2.75) is 19.0 Å². The number of likely N-dealkylation sites (tertiary alicyclic amines) is 1. The van der Waals surface area contributed by atoms with Crippen molar-refractivity contribution < 1.29 is 4.74 Å². The zero-order valence-electron chi connectivity index (χ0n) is 9.45. The van der Waals surface area contributed by atoms with Crippen LogP contribution < -0.4 is 10.5 Å². The van der Waals surface area contributed by atoms with Crippen LogP contribution in [0.5, 0.6) is 5.75 Å². The molecule has 1 saturated heterocycles. The summed E-state index contributed by atoms with van der Waals surface area (Å²) in [6.07, 6.45) is 1.09. The first-order chi connectivity index (χ1) is 7.69. The highest BCUT2D eigenvalue weighted by Crippen LogP contribution is 2.25. The number of ether oxygens (including phenoxy) is 1. The molecule has 1 heterocycles. The van der Waals surface area contributed by atoms with E-state index >= 15 is 0 Å². The van der Waals surface area contributed by atoms with Gasteiger partial charge in [-0.3, -0.25) is 4.90 Å². The molecule has 2 N–H and O–H groups in total. The van der Waals surface area contributed by atoms with Crippen molar-refractivity contribution in [3.8, 4) is 5.75 Å². The maximum absolute atomic E-state index is 6.08. The third-order valence-corrected chi connectivity index (χ3v) is 3.23. The molecule has 1 fully saturated rings. The predicted molar refractivity (Wildman–Crippen MR) is 65.9 cm³/mol. The zero-order chi connectivity index (χ0) is 11.5. The molecule has 0 saturated carbocycles. The molecule has 4 heteroatoms. The lowest BCUT2D eigenvalue weighted by Gasteiger charge is -2.15. The van der Waals surface area contributed by atoms with Gasteiger partial charge in [-0.1, -0.05) is 17.7 Å². The normalized spacial score (nSPS) is 21.3. The number of methoxy groups -OCH3 is 1. The van der Waals surface area contributed by atoms with Gasteiger partial charge in [0.05, 0.1) is 12.1 Å². The van der Waals surface area contributed by atoms with E-state index in [1.165, 1.54) is 5.56 Å². The molecule has 0 aromatic heterocycles. The van der Waals surface area contributed by atoms with E-state index in [0.717, 1.165) is 31.8 Å². The van der Waals surface area contributed by atoms with Crippen molar-refractivity contribution in [1.29, 1.82) is 0 Å². The van der Waals surface area contributed by atoms with Gasteiger partial charge in [0.1, 0.15) is 5.75 Å². The van der Waals surface area contributed by atoms with Crippen molar-refractivity contribution in [2.75, 3.05) is 20.2 Å². The smallest absolute Gasteiger partial charge is 0.137 e. The Morgan fingerprint density at radius 1 is 1.56 bits per heavy atom. The van der Waals surface area contributed by atoms with Crippen LogP contribution >= 0.6 is 11.6 Å². The number of hydrogen-bond donors (Lipinski definition) is 1. The first kappa shape index (κ1) is 11.7. The van der Waals surface area contributed by atoms with Gasteiger partial charge in [-0.15, -0.1) is 0 Å². The van der Waals surface area contributed by atoms with E-state index in [1.807, 2.05) is 12.1 Å². The molecule has 0 unspecified atom stereocenters. The third-order valence-electron chi connectivity index (χ3n) is 2.93. The van der Waals surface area contributed by atoms with Gasteiger partial charge in [0.25, 0.3) is 0 Å². The van der Waals surface area contributed by atoms with E-state index in [4.69, 9.17) is 22.1 Å². The van der Waals surface area contributed by atoms with Gasteiger partial charge >= 0.3 is 0 Å². The Labute approximate surface area is 101 Å². The van der Waals surface area contributed by atoms with Crippen molar-refractivity contribution in [1.82, 2.24) is 4.90 Å². The first-order valence-electron chi connectivity index (χ1n) is 5.49. The molecule has 0 bridgehead atoms. The SMILES string of the molecule is COc1ccc(CN2CC[C@H](N)C2)cc1Cl. The lowest BCUT2D eigenvalue weighted by molar-refractivity contribution is 0.326. The van der Waals surface area contributed by atoms with Crippen LogP contribution in [0.2, 0.25) is 5.02 Å². The molecule has 0 aliphatic carbocycles. The topological polar surface area (TPSA) is 38.5 Å². The summed E-state index contributed by atoms with van der Waals surface area (Å²) < 4.78 is 5.12. The average molecular weight is 241 g/mol. The summed E-state index contributed by atoms with van der Waals surface area (Å²) in [6.45, 7) is 2.96. The molecular weight excluding hydrogens is 224 g/mol. The third kappa shape index (κ3) is 2.67. The van der Waals surface area contributed by atoms with Crippen molar-refractivity contribution >= 4 is 11.6 Å². The number of nitrogens with two attached hydrogens (primary N) is 1. The lowest BCUT2D eigenvalue weighted by atomic mass is 10.2. The van der Waals surface area contributed by atoms with E-state index in [1.54, 1.807) is 7.11 Å². The summed E-state index contributed by atoms with van der Waals surface area (Å²) in [5, 5.41) is 0.670. The number of halogens is 1.